The summed E-state index contributed by atoms with van der Waals surface area (Å²) in [5, 5.41) is 0.677. The van der Waals surface area contributed by atoms with Crippen LogP contribution in [0.5, 0.6) is 5.75 Å². The SMILES string of the molecule is C[C@@H](CN(CCc1ccc(Cl)cc1)C(=O)C1CCN(C2CCOCC2)C1)N(C)C(=O)Oc1ccc(F)cc1. The van der Waals surface area contributed by atoms with Gasteiger partial charge in [0.15, 0.2) is 0 Å². The second-order valence-electron chi connectivity index (χ2n) is 10.3. The second-order valence-corrected chi connectivity index (χ2v) is 10.7. The third-order valence-corrected chi connectivity index (χ3v) is 7.88. The van der Waals surface area contributed by atoms with Crippen molar-refractivity contribution in [1.82, 2.24) is 14.7 Å². The predicted molar refractivity (Wildman–Crippen MR) is 145 cm³/mol. The van der Waals surface area contributed by atoms with Crippen molar-refractivity contribution < 1.29 is 23.5 Å². The van der Waals surface area contributed by atoms with Crippen LogP contribution in [-0.4, -0.2) is 85.2 Å². The number of ether oxygens (including phenoxy) is 2. The molecule has 2 aromatic carbocycles. The Morgan fingerprint density at radius 1 is 1.11 bits per heavy atom. The van der Waals surface area contributed by atoms with Gasteiger partial charge in [0.05, 0.1) is 5.92 Å². The maximum atomic E-state index is 13.8. The molecule has 9 heteroatoms. The molecule has 7 nitrogen and oxygen atoms in total. The Labute approximate surface area is 229 Å². The number of halogens is 2. The van der Waals surface area contributed by atoms with Crippen molar-refractivity contribution in [2.24, 2.45) is 5.92 Å². The first-order valence-corrected chi connectivity index (χ1v) is 13.7. The molecule has 0 aliphatic carbocycles. The minimum absolute atomic E-state index is 0.0632. The van der Waals surface area contributed by atoms with Crippen LogP contribution < -0.4 is 4.74 Å². The summed E-state index contributed by atoms with van der Waals surface area (Å²) in [5.74, 6) is -0.0682. The highest BCUT2D eigenvalue weighted by Gasteiger charge is 2.35. The molecule has 0 N–H and O–H groups in total. The zero-order valence-corrected chi connectivity index (χ0v) is 22.9. The van der Waals surface area contributed by atoms with E-state index in [1.165, 1.54) is 29.2 Å². The van der Waals surface area contributed by atoms with Gasteiger partial charge in [0.1, 0.15) is 11.6 Å². The number of hydrogen-bond acceptors (Lipinski definition) is 5. The molecule has 0 spiro atoms. The molecule has 2 amide bonds. The van der Waals surface area contributed by atoms with Gasteiger partial charge in [-0.15, -0.1) is 0 Å². The van der Waals surface area contributed by atoms with Gasteiger partial charge in [0.25, 0.3) is 0 Å². The monoisotopic (exact) mass is 545 g/mol. The van der Waals surface area contributed by atoms with E-state index in [1.54, 1.807) is 7.05 Å². The van der Waals surface area contributed by atoms with Gasteiger partial charge in [-0.25, -0.2) is 9.18 Å². The molecule has 2 aliphatic rings. The van der Waals surface area contributed by atoms with E-state index in [0.29, 0.717) is 30.6 Å². The van der Waals surface area contributed by atoms with Crippen molar-refractivity contribution in [3.63, 3.8) is 0 Å². The number of hydrogen-bond donors (Lipinski definition) is 0. The number of carbonyl (C=O) groups is 2. The minimum Gasteiger partial charge on any atom is -0.410 e. The highest BCUT2D eigenvalue weighted by molar-refractivity contribution is 6.30. The van der Waals surface area contributed by atoms with Gasteiger partial charge in [-0.05, 0) is 81.1 Å². The van der Waals surface area contributed by atoms with Crippen molar-refractivity contribution in [3.8, 4) is 5.75 Å². The Bertz CT molecular complexity index is 1060. The number of carbonyl (C=O) groups excluding carboxylic acids is 2. The van der Waals surface area contributed by atoms with Gasteiger partial charge < -0.3 is 19.3 Å². The maximum absolute atomic E-state index is 13.8. The van der Waals surface area contributed by atoms with Gasteiger partial charge in [-0.2, -0.15) is 0 Å². The van der Waals surface area contributed by atoms with Crippen LogP contribution in [0.25, 0.3) is 0 Å². The highest BCUT2D eigenvalue weighted by atomic mass is 35.5. The average Bonchev–Trinajstić information content (AvgIpc) is 3.43. The maximum Gasteiger partial charge on any atom is 0.415 e. The second kappa shape index (κ2) is 13.4. The largest absolute Gasteiger partial charge is 0.415 e. The molecule has 4 rings (SSSR count). The van der Waals surface area contributed by atoms with E-state index >= 15 is 0 Å². The first-order valence-electron chi connectivity index (χ1n) is 13.4. The Morgan fingerprint density at radius 3 is 2.47 bits per heavy atom. The standard InChI is InChI=1S/C29H37ClFN3O4/c1-21(32(2)29(36)38-27-9-7-25(31)8-10-27)19-34(15-11-22-3-5-24(30)6-4-22)28(35)23-12-16-33(20-23)26-13-17-37-18-14-26/h3-10,21,23,26H,11-20H2,1-2H3/t21-,23?/m0/s1. The van der Waals surface area contributed by atoms with Gasteiger partial charge in [0.2, 0.25) is 5.91 Å². The third-order valence-electron chi connectivity index (χ3n) is 7.62. The number of likely N-dealkylation sites (N-methyl/N-ethyl adjacent to an activating group) is 1. The summed E-state index contributed by atoms with van der Waals surface area (Å²) in [5.41, 5.74) is 1.10. The van der Waals surface area contributed by atoms with Crippen LogP contribution in [0.3, 0.4) is 0 Å². The average molecular weight is 546 g/mol. The first kappa shape index (κ1) is 28.3. The molecular formula is C29H37ClFN3O4. The lowest BCUT2D eigenvalue weighted by Crippen LogP contribution is -2.48. The lowest BCUT2D eigenvalue weighted by atomic mass is 10.0. The fourth-order valence-electron chi connectivity index (χ4n) is 5.13. The van der Waals surface area contributed by atoms with E-state index in [0.717, 1.165) is 51.1 Å². The molecule has 0 aromatic heterocycles. The fourth-order valence-corrected chi connectivity index (χ4v) is 5.26. The number of likely N-dealkylation sites (tertiary alicyclic amines) is 1. The summed E-state index contributed by atoms with van der Waals surface area (Å²) in [6.45, 7) is 6.07. The molecule has 2 aliphatic heterocycles. The number of benzene rings is 2. The molecule has 2 heterocycles. The minimum atomic E-state index is -0.555. The smallest absolute Gasteiger partial charge is 0.410 e. The third kappa shape index (κ3) is 7.68. The zero-order chi connectivity index (χ0) is 27.1. The van der Waals surface area contributed by atoms with Crippen LogP contribution >= 0.6 is 11.6 Å². The van der Waals surface area contributed by atoms with Crippen LogP contribution in [0.2, 0.25) is 5.02 Å². The van der Waals surface area contributed by atoms with Crippen LogP contribution in [0, 0.1) is 11.7 Å². The summed E-state index contributed by atoms with van der Waals surface area (Å²) in [6, 6.07) is 13.2. The normalized spacial score (nSPS) is 19.2. The fraction of sp³-hybridized carbons (Fsp3) is 0.517. The summed E-state index contributed by atoms with van der Waals surface area (Å²) >= 11 is 6.04. The lowest BCUT2D eigenvalue weighted by molar-refractivity contribution is -0.135. The van der Waals surface area contributed by atoms with Crippen molar-refractivity contribution in [1.29, 1.82) is 0 Å². The molecular weight excluding hydrogens is 509 g/mol. The lowest BCUT2D eigenvalue weighted by Gasteiger charge is -2.33. The molecule has 0 saturated carbocycles. The van der Waals surface area contributed by atoms with Gasteiger partial charge in [-0.3, -0.25) is 9.69 Å². The van der Waals surface area contributed by atoms with Crippen LogP contribution in [-0.2, 0) is 16.0 Å². The Morgan fingerprint density at radius 2 is 1.79 bits per heavy atom. The molecule has 0 radical (unpaired) electrons. The molecule has 1 unspecified atom stereocenters. The summed E-state index contributed by atoms with van der Waals surface area (Å²) < 4.78 is 24.1. The van der Waals surface area contributed by atoms with E-state index in [4.69, 9.17) is 21.1 Å². The highest BCUT2D eigenvalue weighted by Crippen LogP contribution is 2.26. The molecule has 2 aromatic rings. The van der Waals surface area contributed by atoms with Crippen LogP contribution in [0.15, 0.2) is 48.5 Å². The van der Waals surface area contributed by atoms with E-state index in [9.17, 15) is 14.0 Å². The van der Waals surface area contributed by atoms with Crippen molar-refractivity contribution >= 4 is 23.6 Å². The summed E-state index contributed by atoms with van der Waals surface area (Å²) in [7, 11) is 1.65. The quantitative estimate of drug-likeness (QED) is 0.450. The number of amides is 2. The molecule has 206 valence electrons. The Balaban J connectivity index is 1.40. The Hall–Kier alpha value is -2.68. The Kier molecular flexibility index (Phi) is 9.99. The van der Waals surface area contributed by atoms with Crippen LogP contribution in [0.4, 0.5) is 9.18 Å². The van der Waals surface area contributed by atoms with E-state index in [-0.39, 0.29) is 23.6 Å². The first-order chi connectivity index (χ1) is 18.3. The van der Waals surface area contributed by atoms with Gasteiger partial charge in [0, 0.05) is 57.0 Å². The van der Waals surface area contributed by atoms with Crippen LogP contribution in [0.1, 0.15) is 31.7 Å². The molecule has 0 bridgehead atoms. The topological polar surface area (TPSA) is 62.3 Å². The summed E-state index contributed by atoms with van der Waals surface area (Å²) in [4.78, 5) is 32.3. The van der Waals surface area contributed by atoms with Crippen molar-refractivity contribution in [2.75, 3.05) is 46.4 Å². The van der Waals surface area contributed by atoms with E-state index < -0.39 is 11.9 Å². The van der Waals surface area contributed by atoms with Crippen molar-refractivity contribution in [3.05, 3.63) is 64.9 Å². The molecule has 2 saturated heterocycles. The van der Waals surface area contributed by atoms with E-state index in [1.807, 2.05) is 36.1 Å². The predicted octanol–water partition coefficient (Wildman–Crippen LogP) is 4.87. The number of rotatable bonds is 9. The van der Waals surface area contributed by atoms with Gasteiger partial charge in [-0.1, -0.05) is 23.7 Å². The molecule has 2 fully saturated rings. The van der Waals surface area contributed by atoms with Gasteiger partial charge >= 0.3 is 6.09 Å². The molecule has 38 heavy (non-hydrogen) atoms. The van der Waals surface area contributed by atoms with Crippen molar-refractivity contribution in [2.45, 2.75) is 44.7 Å². The molecule has 2 atom stereocenters. The van der Waals surface area contributed by atoms with E-state index in [2.05, 4.69) is 4.90 Å². The number of nitrogens with zero attached hydrogens (tertiary/aromatic N) is 3. The summed E-state index contributed by atoms with van der Waals surface area (Å²) in [6.07, 6.45) is 3.00. The zero-order valence-electron chi connectivity index (χ0n) is 22.2.